The van der Waals surface area contributed by atoms with Gasteiger partial charge in [-0.25, -0.2) is 0 Å². The number of piperidine rings is 1. The highest BCUT2D eigenvalue weighted by Crippen LogP contribution is 2.42. The SMILES string of the molecule is NCC1(C(=O)N2CCC(CO)CC2)CCC1. The molecule has 0 unspecified atom stereocenters. The molecule has 0 aromatic heterocycles. The van der Waals surface area contributed by atoms with Crippen molar-refractivity contribution >= 4 is 5.91 Å². The average Bonchev–Trinajstić information content (AvgIpc) is 2.28. The molecule has 2 fully saturated rings. The van der Waals surface area contributed by atoms with Crippen LogP contribution in [-0.2, 0) is 4.79 Å². The smallest absolute Gasteiger partial charge is 0.230 e. The van der Waals surface area contributed by atoms with Gasteiger partial charge in [0.1, 0.15) is 0 Å². The number of hydrogen-bond donors (Lipinski definition) is 2. The van der Waals surface area contributed by atoms with E-state index in [9.17, 15) is 4.79 Å². The zero-order valence-electron chi connectivity index (χ0n) is 9.82. The minimum atomic E-state index is -0.230. The molecule has 1 aliphatic heterocycles. The van der Waals surface area contributed by atoms with E-state index in [0.717, 1.165) is 45.2 Å². The molecule has 4 nitrogen and oxygen atoms in total. The Kier molecular flexibility index (Phi) is 3.50. The summed E-state index contributed by atoms with van der Waals surface area (Å²) < 4.78 is 0. The van der Waals surface area contributed by atoms with Gasteiger partial charge < -0.3 is 15.7 Å². The summed E-state index contributed by atoms with van der Waals surface area (Å²) in [6, 6.07) is 0. The van der Waals surface area contributed by atoms with Crippen LogP contribution >= 0.6 is 0 Å². The summed E-state index contributed by atoms with van der Waals surface area (Å²) in [5, 5.41) is 9.06. The van der Waals surface area contributed by atoms with Crippen LogP contribution in [0.3, 0.4) is 0 Å². The molecule has 2 rings (SSSR count). The van der Waals surface area contributed by atoms with E-state index in [4.69, 9.17) is 10.8 Å². The molecule has 0 spiro atoms. The highest BCUT2D eigenvalue weighted by atomic mass is 16.3. The molecule has 1 amide bonds. The van der Waals surface area contributed by atoms with E-state index in [0.29, 0.717) is 12.5 Å². The predicted molar refractivity (Wildman–Crippen MR) is 61.7 cm³/mol. The van der Waals surface area contributed by atoms with Gasteiger partial charge in [0.05, 0.1) is 5.41 Å². The molecule has 3 N–H and O–H groups in total. The number of likely N-dealkylation sites (tertiary alicyclic amines) is 1. The Bertz CT molecular complexity index is 250. The maximum absolute atomic E-state index is 12.3. The molecule has 0 bridgehead atoms. The van der Waals surface area contributed by atoms with Crippen molar-refractivity contribution in [3.63, 3.8) is 0 Å². The number of nitrogens with zero attached hydrogens (tertiary/aromatic N) is 1. The number of carbonyl (C=O) groups excluding carboxylic acids is 1. The molecular weight excluding hydrogens is 204 g/mol. The molecule has 4 heteroatoms. The molecular formula is C12H22N2O2. The van der Waals surface area contributed by atoms with Crippen molar-refractivity contribution in [2.24, 2.45) is 17.1 Å². The highest BCUT2D eigenvalue weighted by Gasteiger charge is 2.45. The fraction of sp³-hybridized carbons (Fsp3) is 0.917. The average molecular weight is 226 g/mol. The lowest BCUT2D eigenvalue weighted by molar-refractivity contribution is -0.148. The van der Waals surface area contributed by atoms with Crippen molar-refractivity contribution in [3.8, 4) is 0 Å². The topological polar surface area (TPSA) is 66.6 Å². The van der Waals surface area contributed by atoms with Gasteiger partial charge in [-0.3, -0.25) is 4.79 Å². The Morgan fingerprint density at radius 2 is 2.00 bits per heavy atom. The Hall–Kier alpha value is -0.610. The second kappa shape index (κ2) is 4.72. The fourth-order valence-electron chi connectivity index (χ4n) is 2.76. The molecule has 1 aliphatic carbocycles. The van der Waals surface area contributed by atoms with Crippen molar-refractivity contribution in [3.05, 3.63) is 0 Å². The number of aliphatic hydroxyl groups excluding tert-OH is 1. The van der Waals surface area contributed by atoms with E-state index >= 15 is 0 Å². The Morgan fingerprint density at radius 1 is 1.38 bits per heavy atom. The Morgan fingerprint density at radius 3 is 2.38 bits per heavy atom. The standard InChI is InChI=1S/C12H22N2O2/c13-9-12(4-1-5-12)11(16)14-6-2-10(8-15)3-7-14/h10,15H,1-9,13H2. The monoisotopic (exact) mass is 226 g/mol. The summed E-state index contributed by atoms with van der Waals surface area (Å²) in [6.07, 6.45) is 4.92. The Labute approximate surface area is 96.8 Å². The van der Waals surface area contributed by atoms with Gasteiger partial charge in [0.25, 0.3) is 0 Å². The lowest BCUT2D eigenvalue weighted by Gasteiger charge is -2.44. The summed E-state index contributed by atoms with van der Waals surface area (Å²) in [5.74, 6) is 0.650. The van der Waals surface area contributed by atoms with Crippen LogP contribution in [0.1, 0.15) is 32.1 Å². The first-order valence-corrected chi connectivity index (χ1v) is 6.32. The van der Waals surface area contributed by atoms with E-state index in [2.05, 4.69) is 0 Å². The van der Waals surface area contributed by atoms with Crippen LogP contribution in [0.4, 0.5) is 0 Å². The summed E-state index contributed by atoms with van der Waals surface area (Å²) in [5.41, 5.74) is 5.51. The van der Waals surface area contributed by atoms with Crippen molar-refractivity contribution in [1.82, 2.24) is 4.90 Å². The van der Waals surface area contributed by atoms with Crippen LogP contribution in [0.15, 0.2) is 0 Å². The molecule has 1 saturated carbocycles. The first-order valence-electron chi connectivity index (χ1n) is 6.32. The minimum Gasteiger partial charge on any atom is -0.396 e. The molecule has 0 atom stereocenters. The molecule has 2 aliphatic rings. The highest BCUT2D eigenvalue weighted by molar-refractivity contribution is 5.84. The zero-order chi connectivity index (χ0) is 11.6. The molecule has 0 radical (unpaired) electrons. The molecule has 1 saturated heterocycles. The van der Waals surface area contributed by atoms with Crippen LogP contribution in [0.5, 0.6) is 0 Å². The molecule has 0 aromatic rings. The minimum absolute atomic E-state index is 0.230. The predicted octanol–water partition coefficient (Wildman–Crippen LogP) is 0.346. The van der Waals surface area contributed by atoms with E-state index < -0.39 is 0 Å². The molecule has 0 aromatic carbocycles. The van der Waals surface area contributed by atoms with Crippen molar-refractivity contribution in [1.29, 1.82) is 0 Å². The van der Waals surface area contributed by atoms with Gasteiger partial charge in [-0.1, -0.05) is 6.42 Å². The second-order valence-corrected chi connectivity index (χ2v) is 5.26. The third-order valence-electron chi connectivity index (χ3n) is 4.32. The van der Waals surface area contributed by atoms with Gasteiger partial charge in [-0.15, -0.1) is 0 Å². The van der Waals surface area contributed by atoms with Crippen LogP contribution in [0, 0.1) is 11.3 Å². The van der Waals surface area contributed by atoms with Crippen molar-refractivity contribution in [2.75, 3.05) is 26.2 Å². The second-order valence-electron chi connectivity index (χ2n) is 5.26. The summed E-state index contributed by atoms with van der Waals surface area (Å²) >= 11 is 0. The van der Waals surface area contributed by atoms with E-state index in [-0.39, 0.29) is 17.9 Å². The van der Waals surface area contributed by atoms with Crippen molar-refractivity contribution in [2.45, 2.75) is 32.1 Å². The zero-order valence-corrected chi connectivity index (χ0v) is 9.82. The van der Waals surface area contributed by atoms with Gasteiger partial charge in [0.15, 0.2) is 0 Å². The first-order chi connectivity index (χ1) is 7.72. The number of aliphatic hydroxyl groups is 1. The lowest BCUT2D eigenvalue weighted by atomic mass is 9.67. The maximum Gasteiger partial charge on any atom is 0.230 e. The fourth-order valence-corrected chi connectivity index (χ4v) is 2.76. The number of amides is 1. The van der Waals surface area contributed by atoms with Crippen LogP contribution in [-0.4, -0.2) is 42.2 Å². The van der Waals surface area contributed by atoms with E-state index in [1.54, 1.807) is 0 Å². The first kappa shape index (κ1) is 11.9. The summed E-state index contributed by atoms with van der Waals surface area (Å²) in [7, 11) is 0. The quantitative estimate of drug-likeness (QED) is 0.729. The maximum atomic E-state index is 12.3. The number of hydrogen-bond acceptors (Lipinski definition) is 3. The number of nitrogens with two attached hydrogens (primary N) is 1. The van der Waals surface area contributed by atoms with Crippen LogP contribution in [0.2, 0.25) is 0 Å². The van der Waals surface area contributed by atoms with Crippen LogP contribution in [0.25, 0.3) is 0 Å². The molecule has 16 heavy (non-hydrogen) atoms. The van der Waals surface area contributed by atoms with Gasteiger partial charge in [-0.05, 0) is 31.6 Å². The largest absolute Gasteiger partial charge is 0.396 e. The van der Waals surface area contributed by atoms with Gasteiger partial charge in [0, 0.05) is 26.2 Å². The number of rotatable bonds is 3. The summed E-state index contributed by atoms with van der Waals surface area (Å²) in [6.45, 7) is 2.34. The third kappa shape index (κ3) is 1.96. The summed E-state index contributed by atoms with van der Waals surface area (Å²) in [4.78, 5) is 14.3. The van der Waals surface area contributed by atoms with Gasteiger partial charge >= 0.3 is 0 Å². The van der Waals surface area contributed by atoms with E-state index in [1.165, 1.54) is 0 Å². The lowest BCUT2D eigenvalue weighted by Crippen LogP contribution is -2.53. The Balaban J connectivity index is 1.91. The molecule has 1 heterocycles. The van der Waals surface area contributed by atoms with E-state index in [1.807, 2.05) is 4.90 Å². The van der Waals surface area contributed by atoms with Crippen LogP contribution < -0.4 is 5.73 Å². The third-order valence-corrected chi connectivity index (χ3v) is 4.32. The van der Waals surface area contributed by atoms with Gasteiger partial charge in [-0.2, -0.15) is 0 Å². The van der Waals surface area contributed by atoms with Crippen molar-refractivity contribution < 1.29 is 9.90 Å². The van der Waals surface area contributed by atoms with Gasteiger partial charge in [0.2, 0.25) is 5.91 Å². The number of carbonyl (C=O) groups is 1. The molecule has 92 valence electrons. The normalized spacial score (nSPS) is 25.2.